The number of fused-ring (bicyclic) bond motifs is 3. The van der Waals surface area contributed by atoms with Crippen molar-refractivity contribution in [2.24, 2.45) is 11.8 Å². The van der Waals surface area contributed by atoms with Crippen molar-refractivity contribution in [1.82, 2.24) is 15.1 Å². The van der Waals surface area contributed by atoms with Gasteiger partial charge in [0.25, 0.3) is 5.91 Å². The van der Waals surface area contributed by atoms with Crippen LogP contribution in [0.4, 0.5) is 0 Å². The van der Waals surface area contributed by atoms with Crippen LogP contribution in [0.15, 0.2) is 48.5 Å². The maximum atomic E-state index is 13.8. The van der Waals surface area contributed by atoms with E-state index in [0.717, 1.165) is 49.4 Å². The Hall–Kier alpha value is -4.48. The highest BCUT2D eigenvalue weighted by Crippen LogP contribution is 2.55. The molecule has 4 atom stereocenters. The number of esters is 1. The predicted molar refractivity (Wildman–Crippen MR) is 163 cm³/mol. The van der Waals surface area contributed by atoms with Crippen molar-refractivity contribution >= 4 is 11.9 Å². The monoisotopic (exact) mass is 615 g/mol. The summed E-state index contributed by atoms with van der Waals surface area (Å²) in [6.07, 6.45) is 0. The van der Waals surface area contributed by atoms with Gasteiger partial charge in [-0.25, -0.2) is 0 Å². The second kappa shape index (κ2) is 11.8. The number of carbonyl (C=O) groups excluding carboxylic acids is 2. The van der Waals surface area contributed by atoms with Crippen LogP contribution in [0.5, 0.6) is 28.7 Å². The zero-order valence-electron chi connectivity index (χ0n) is 25.6. The fourth-order valence-corrected chi connectivity index (χ4v) is 7.09. The molecule has 3 aromatic rings. The number of hydrogen-bond acceptors (Lipinski definition) is 10. The molecular formula is C34H37N3O8. The van der Waals surface area contributed by atoms with Crippen LogP contribution in [0.25, 0.3) is 0 Å². The number of ether oxygens (including phenoxy) is 5. The lowest BCUT2D eigenvalue weighted by atomic mass is 9.65. The van der Waals surface area contributed by atoms with E-state index < -0.39 is 17.9 Å². The molecule has 1 amide bonds. The SMILES string of the molecule is COc1cc([C@@H]2c3cc4c(cc3[C@@H](NC(=O)c3ccc(CN5CCN(C)CC5)cc3)[C@H]3COC(=O)[C@H]23)OCO4)cc(OC)c1O. The van der Waals surface area contributed by atoms with E-state index in [1.54, 1.807) is 12.1 Å². The Labute approximate surface area is 261 Å². The molecule has 3 aliphatic heterocycles. The zero-order valence-corrected chi connectivity index (χ0v) is 25.6. The summed E-state index contributed by atoms with van der Waals surface area (Å²) in [6.45, 7) is 5.21. The number of phenols is 1. The molecule has 3 heterocycles. The number of carbonyl (C=O) groups is 2. The second-order valence-electron chi connectivity index (χ2n) is 12.1. The Balaban J connectivity index is 1.22. The van der Waals surface area contributed by atoms with Gasteiger partial charge < -0.3 is 39.0 Å². The van der Waals surface area contributed by atoms with Gasteiger partial charge in [-0.05, 0) is 65.7 Å². The van der Waals surface area contributed by atoms with E-state index in [2.05, 4.69) is 22.2 Å². The number of hydrogen-bond donors (Lipinski definition) is 2. The quantitative estimate of drug-likeness (QED) is 0.384. The lowest BCUT2D eigenvalue weighted by molar-refractivity contribution is -0.141. The molecule has 0 aromatic heterocycles. The largest absolute Gasteiger partial charge is 0.502 e. The average molecular weight is 616 g/mol. The van der Waals surface area contributed by atoms with Crippen molar-refractivity contribution < 1.29 is 38.4 Å². The molecule has 0 unspecified atom stereocenters. The minimum absolute atomic E-state index is 0.0795. The average Bonchev–Trinajstić information content (AvgIpc) is 3.68. The van der Waals surface area contributed by atoms with Crippen LogP contribution in [0.3, 0.4) is 0 Å². The van der Waals surface area contributed by atoms with Crippen LogP contribution >= 0.6 is 0 Å². The number of piperazine rings is 1. The molecule has 0 bridgehead atoms. The van der Waals surface area contributed by atoms with E-state index >= 15 is 0 Å². The van der Waals surface area contributed by atoms with E-state index in [1.807, 2.05) is 36.4 Å². The van der Waals surface area contributed by atoms with Crippen molar-refractivity contribution in [3.8, 4) is 28.7 Å². The van der Waals surface area contributed by atoms with Gasteiger partial charge in [-0.1, -0.05) is 12.1 Å². The van der Waals surface area contributed by atoms with Gasteiger partial charge in [0.2, 0.25) is 12.5 Å². The van der Waals surface area contributed by atoms with Crippen LogP contribution in [-0.2, 0) is 16.1 Å². The van der Waals surface area contributed by atoms with Gasteiger partial charge in [0.05, 0.1) is 32.8 Å². The van der Waals surface area contributed by atoms with Crippen molar-refractivity contribution in [3.63, 3.8) is 0 Å². The Bertz CT molecular complexity index is 1590. The summed E-state index contributed by atoms with van der Waals surface area (Å²) in [5.74, 6) is -0.606. The highest BCUT2D eigenvalue weighted by Gasteiger charge is 2.53. The summed E-state index contributed by atoms with van der Waals surface area (Å²) in [5, 5.41) is 13.8. The number of nitrogens with zero attached hydrogens (tertiary/aromatic N) is 2. The highest BCUT2D eigenvalue weighted by atomic mass is 16.7. The zero-order chi connectivity index (χ0) is 31.2. The lowest BCUT2D eigenvalue weighted by Crippen LogP contribution is -2.43. The molecule has 0 spiro atoms. The predicted octanol–water partition coefficient (Wildman–Crippen LogP) is 3.29. The first-order chi connectivity index (χ1) is 21.8. The normalized spacial score (nSPS) is 24.0. The smallest absolute Gasteiger partial charge is 0.310 e. The fraction of sp³-hybridized carbons (Fsp3) is 0.412. The number of cyclic esters (lactones) is 1. The molecule has 1 aliphatic carbocycles. The Morgan fingerprint density at radius 3 is 2.22 bits per heavy atom. The number of likely N-dealkylation sites (N-methyl/N-ethyl adjacent to an activating group) is 1. The molecule has 2 fully saturated rings. The van der Waals surface area contributed by atoms with E-state index in [0.29, 0.717) is 22.6 Å². The molecule has 3 aromatic carbocycles. The minimum Gasteiger partial charge on any atom is -0.502 e. The lowest BCUT2D eigenvalue weighted by Gasteiger charge is -2.39. The summed E-state index contributed by atoms with van der Waals surface area (Å²) in [5.41, 5.74) is 4.01. The Kier molecular flexibility index (Phi) is 7.66. The number of benzene rings is 3. The standard InChI is InChI=1S/C34H37N3O8/c1-36-8-10-37(11-9-36)16-19-4-6-20(7-5-19)33(39)35-31-23-15-26-25(44-18-45-26)14-22(23)29(30-24(31)17-43-34(30)40)21-12-27(41-2)32(38)28(13-21)42-3/h4-7,12-15,24,29-31,38H,8-11,16-18H2,1-3H3,(H,35,39)/t24-,29+,30-,31+/m0/s1. The first kappa shape index (κ1) is 29.2. The maximum Gasteiger partial charge on any atom is 0.310 e. The number of methoxy groups -OCH3 is 2. The van der Waals surface area contributed by atoms with E-state index in [-0.39, 0.29) is 48.4 Å². The number of phenolic OH excluding ortho intramolecular Hbond substituents is 1. The number of amides is 1. The first-order valence-corrected chi connectivity index (χ1v) is 15.2. The third-order valence-corrected chi connectivity index (χ3v) is 9.55. The molecule has 2 saturated heterocycles. The minimum atomic E-state index is -0.618. The van der Waals surface area contributed by atoms with E-state index in [1.165, 1.54) is 14.2 Å². The summed E-state index contributed by atoms with van der Waals surface area (Å²) in [4.78, 5) is 31.9. The molecule has 7 rings (SSSR count). The van der Waals surface area contributed by atoms with Gasteiger partial charge in [-0.3, -0.25) is 14.5 Å². The maximum absolute atomic E-state index is 13.8. The van der Waals surface area contributed by atoms with Crippen LogP contribution in [0.2, 0.25) is 0 Å². The van der Waals surface area contributed by atoms with Gasteiger partial charge in [0.1, 0.15) is 0 Å². The van der Waals surface area contributed by atoms with Crippen molar-refractivity contribution in [2.75, 3.05) is 60.8 Å². The van der Waals surface area contributed by atoms with Gasteiger partial charge in [0.15, 0.2) is 23.0 Å². The van der Waals surface area contributed by atoms with Crippen LogP contribution < -0.4 is 24.3 Å². The highest BCUT2D eigenvalue weighted by molar-refractivity contribution is 5.94. The molecule has 2 N–H and O–H groups in total. The third-order valence-electron chi connectivity index (χ3n) is 9.55. The Morgan fingerprint density at radius 2 is 1.58 bits per heavy atom. The van der Waals surface area contributed by atoms with Crippen molar-refractivity contribution in [3.05, 3.63) is 76.3 Å². The van der Waals surface area contributed by atoms with Crippen LogP contribution in [-0.4, -0.2) is 87.6 Å². The molecule has 11 heteroatoms. The topological polar surface area (TPSA) is 119 Å². The summed E-state index contributed by atoms with van der Waals surface area (Å²) < 4.78 is 28.0. The molecule has 11 nitrogen and oxygen atoms in total. The second-order valence-corrected chi connectivity index (χ2v) is 12.1. The van der Waals surface area contributed by atoms with Gasteiger partial charge in [0, 0.05) is 50.1 Å². The van der Waals surface area contributed by atoms with Crippen LogP contribution in [0.1, 0.15) is 44.6 Å². The molecule has 0 radical (unpaired) electrons. The number of aromatic hydroxyl groups is 1. The molecule has 236 valence electrons. The fourth-order valence-electron chi connectivity index (χ4n) is 7.09. The van der Waals surface area contributed by atoms with Gasteiger partial charge in [-0.2, -0.15) is 0 Å². The van der Waals surface area contributed by atoms with Crippen molar-refractivity contribution in [2.45, 2.75) is 18.5 Å². The summed E-state index contributed by atoms with van der Waals surface area (Å²) >= 11 is 0. The number of nitrogens with one attached hydrogen (secondary N) is 1. The van der Waals surface area contributed by atoms with E-state index in [9.17, 15) is 14.7 Å². The molecule has 4 aliphatic rings. The summed E-state index contributed by atoms with van der Waals surface area (Å²) in [6, 6.07) is 14.4. The van der Waals surface area contributed by atoms with Gasteiger partial charge in [-0.15, -0.1) is 0 Å². The van der Waals surface area contributed by atoms with Crippen molar-refractivity contribution in [1.29, 1.82) is 0 Å². The third kappa shape index (κ3) is 5.29. The molecular weight excluding hydrogens is 578 g/mol. The van der Waals surface area contributed by atoms with Crippen LogP contribution in [0, 0.1) is 11.8 Å². The Morgan fingerprint density at radius 1 is 0.933 bits per heavy atom. The molecule has 45 heavy (non-hydrogen) atoms. The molecule has 0 saturated carbocycles. The summed E-state index contributed by atoms with van der Waals surface area (Å²) in [7, 11) is 5.06. The first-order valence-electron chi connectivity index (χ1n) is 15.2. The van der Waals surface area contributed by atoms with Gasteiger partial charge >= 0.3 is 5.97 Å². The van der Waals surface area contributed by atoms with E-state index in [4.69, 9.17) is 23.7 Å². The number of rotatable bonds is 7.